The Hall–Kier alpha value is -2.55. The van der Waals surface area contributed by atoms with Gasteiger partial charge in [-0.2, -0.15) is 0 Å². The summed E-state index contributed by atoms with van der Waals surface area (Å²) in [6.07, 6.45) is 5.92. The van der Waals surface area contributed by atoms with Gasteiger partial charge in [-0.3, -0.25) is 14.4 Å². The summed E-state index contributed by atoms with van der Waals surface area (Å²) in [4.78, 5) is 38.1. The number of hydrogen-bond donors (Lipinski definition) is 0. The van der Waals surface area contributed by atoms with Crippen molar-refractivity contribution in [1.82, 2.24) is 0 Å². The topological polar surface area (TPSA) is 51.2 Å². The summed E-state index contributed by atoms with van der Waals surface area (Å²) in [6, 6.07) is 10.9. The first-order chi connectivity index (χ1) is 16.7. The molecule has 3 rings (SSSR count). The average Bonchev–Trinajstić information content (AvgIpc) is 2.80. The number of ketones is 3. The minimum atomic E-state index is -0.101. The monoisotopic (exact) mass is 474 g/mol. The van der Waals surface area contributed by atoms with Crippen molar-refractivity contribution >= 4 is 17.3 Å². The van der Waals surface area contributed by atoms with E-state index in [-0.39, 0.29) is 41.5 Å². The van der Waals surface area contributed by atoms with Crippen LogP contribution >= 0.6 is 0 Å². The molecule has 0 saturated carbocycles. The Bertz CT molecular complexity index is 1080. The normalized spacial score (nSPS) is 17.1. The Morgan fingerprint density at radius 2 is 1.71 bits per heavy atom. The maximum atomic E-state index is 13.6. The van der Waals surface area contributed by atoms with Crippen molar-refractivity contribution < 1.29 is 14.4 Å². The maximum absolute atomic E-state index is 13.6. The Morgan fingerprint density at radius 3 is 2.29 bits per heavy atom. The highest BCUT2D eigenvalue weighted by atomic mass is 16.1. The number of carbonyl (C=O) groups excluding carboxylic acids is 3. The van der Waals surface area contributed by atoms with Gasteiger partial charge >= 0.3 is 0 Å². The third-order valence-corrected chi connectivity index (χ3v) is 7.93. The molecule has 188 valence electrons. The summed E-state index contributed by atoms with van der Waals surface area (Å²) < 4.78 is 0. The molecule has 2 aromatic carbocycles. The Labute approximate surface area is 211 Å². The van der Waals surface area contributed by atoms with Crippen LogP contribution in [0.5, 0.6) is 0 Å². The molecule has 1 aliphatic carbocycles. The first-order valence-electron chi connectivity index (χ1n) is 13.5. The Balaban J connectivity index is 1.98. The predicted octanol–water partition coefficient (Wildman–Crippen LogP) is 7.66. The molecule has 0 fully saturated rings. The molecule has 0 aliphatic heterocycles. The van der Waals surface area contributed by atoms with Gasteiger partial charge in [-0.05, 0) is 86.1 Å². The van der Waals surface area contributed by atoms with Crippen LogP contribution in [-0.2, 0) is 22.4 Å². The van der Waals surface area contributed by atoms with Crippen LogP contribution in [0, 0.1) is 31.6 Å². The van der Waals surface area contributed by atoms with E-state index in [4.69, 9.17) is 0 Å². The lowest BCUT2D eigenvalue weighted by Gasteiger charge is -2.33. The van der Waals surface area contributed by atoms with Crippen LogP contribution in [0.15, 0.2) is 30.3 Å². The van der Waals surface area contributed by atoms with Gasteiger partial charge in [0.25, 0.3) is 0 Å². The van der Waals surface area contributed by atoms with Crippen molar-refractivity contribution in [2.45, 2.75) is 92.9 Å². The van der Waals surface area contributed by atoms with E-state index in [0.29, 0.717) is 6.42 Å². The fourth-order valence-corrected chi connectivity index (χ4v) is 6.21. The predicted molar refractivity (Wildman–Crippen MR) is 144 cm³/mol. The number of fused-ring (bicyclic) bond motifs is 1. The summed E-state index contributed by atoms with van der Waals surface area (Å²) in [5, 5.41) is 0. The summed E-state index contributed by atoms with van der Waals surface area (Å²) in [7, 11) is 0. The fraction of sp³-hybridized carbons (Fsp3) is 0.531. The van der Waals surface area contributed by atoms with Crippen molar-refractivity contribution in [2.75, 3.05) is 0 Å². The number of benzene rings is 2. The lowest BCUT2D eigenvalue weighted by Crippen LogP contribution is -2.30. The first-order valence-corrected chi connectivity index (χ1v) is 13.5. The molecule has 3 nitrogen and oxygen atoms in total. The van der Waals surface area contributed by atoms with Gasteiger partial charge in [0.1, 0.15) is 11.6 Å². The molecule has 0 spiro atoms. The van der Waals surface area contributed by atoms with Crippen LogP contribution in [0.3, 0.4) is 0 Å². The van der Waals surface area contributed by atoms with Crippen molar-refractivity contribution in [3.8, 4) is 11.1 Å². The molecular formula is C32H42O3. The largest absolute Gasteiger partial charge is 0.300 e. The SMILES string of the molecule is CCCC(CC1CC(=O)c2c(C)c(CC)cc(-c3ccc(C)cc3)c2C1)C(CC)C(=O)CC(C)=O. The van der Waals surface area contributed by atoms with Crippen LogP contribution < -0.4 is 0 Å². The molecule has 3 unspecified atom stereocenters. The van der Waals surface area contributed by atoms with Gasteiger partial charge in [-0.25, -0.2) is 0 Å². The van der Waals surface area contributed by atoms with Crippen LogP contribution in [0.4, 0.5) is 0 Å². The zero-order chi connectivity index (χ0) is 25.7. The highest BCUT2D eigenvalue weighted by molar-refractivity contribution is 6.02. The third kappa shape index (κ3) is 6.18. The van der Waals surface area contributed by atoms with E-state index in [1.165, 1.54) is 34.7 Å². The molecule has 0 radical (unpaired) electrons. The third-order valence-electron chi connectivity index (χ3n) is 7.93. The average molecular weight is 475 g/mol. The number of rotatable bonds is 11. The van der Waals surface area contributed by atoms with E-state index >= 15 is 0 Å². The zero-order valence-electron chi connectivity index (χ0n) is 22.5. The molecule has 0 N–H and O–H groups in total. The molecule has 3 atom stereocenters. The van der Waals surface area contributed by atoms with Crippen LogP contribution in [0.1, 0.15) is 98.8 Å². The molecule has 2 aromatic rings. The lowest BCUT2D eigenvalue weighted by atomic mass is 9.70. The number of aryl methyl sites for hydroxylation is 2. The number of carbonyl (C=O) groups is 3. The zero-order valence-corrected chi connectivity index (χ0v) is 22.5. The van der Waals surface area contributed by atoms with Crippen molar-refractivity contribution in [2.24, 2.45) is 17.8 Å². The first kappa shape index (κ1) is 27.0. The highest BCUT2D eigenvalue weighted by Gasteiger charge is 2.34. The van der Waals surface area contributed by atoms with Gasteiger partial charge in [0.2, 0.25) is 0 Å². The van der Waals surface area contributed by atoms with E-state index in [1.54, 1.807) is 0 Å². The second-order valence-corrected chi connectivity index (χ2v) is 10.6. The highest BCUT2D eigenvalue weighted by Crippen LogP contribution is 2.41. The summed E-state index contributed by atoms with van der Waals surface area (Å²) in [6.45, 7) is 12.1. The van der Waals surface area contributed by atoms with Crippen LogP contribution in [0.2, 0.25) is 0 Å². The minimum Gasteiger partial charge on any atom is -0.300 e. The van der Waals surface area contributed by atoms with E-state index < -0.39 is 0 Å². The standard InChI is InChI=1S/C32H42O3/c1-7-10-26(27(9-3)30(34)15-21(5)33)16-23-17-29-28(25-13-11-20(4)12-14-25)19-24(8-2)22(6)32(29)31(35)18-23/h11-14,19,23,26-27H,7-10,15-18H2,1-6H3. The van der Waals surface area contributed by atoms with Crippen molar-refractivity contribution in [3.63, 3.8) is 0 Å². The molecule has 35 heavy (non-hydrogen) atoms. The Kier molecular flexibility index (Phi) is 9.21. The molecule has 3 heteroatoms. The van der Waals surface area contributed by atoms with Crippen molar-refractivity contribution in [3.05, 3.63) is 58.1 Å². The molecule has 1 aliphatic rings. The van der Waals surface area contributed by atoms with E-state index in [0.717, 1.165) is 49.7 Å². The van der Waals surface area contributed by atoms with Gasteiger partial charge in [0.15, 0.2) is 5.78 Å². The number of hydrogen-bond acceptors (Lipinski definition) is 3. The van der Waals surface area contributed by atoms with E-state index in [9.17, 15) is 14.4 Å². The van der Waals surface area contributed by atoms with Gasteiger partial charge in [-0.15, -0.1) is 0 Å². The van der Waals surface area contributed by atoms with E-state index in [2.05, 4.69) is 65.0 Å². The number of Topliss-reactive ketones (excluding diaryl/α,β-unsaturated/α-hetero) is 3. The molecule has 0 heterocycles. The second kappa shape index (κ2) is 11.9. The smallest absolute Gasteiger partial charge is 0.163 e. The van der Waals surface area contributed by atoms with Crippen LogP contribution in [-0.4, -0.2) is 17.3 Å². The van der Waals surface area contributed by atoms with Crippen molar-refractivity contribution in [1.29, 1.82) is 0 Å². The van der Waals surface area contributed by atoms with Crippen LogP contribution in [0.25, 0.3) is 11.1 Å². The summed E-state index contributed by atoms with van der Waals surface area (Å²) in [5.74, 6) is 0.601. The molecule has 0 amide bonds. The van der Waals surface area contributed by atoms with Gasteiger partial charge in [0.05, 0.1) is 6.42 Å². The van der Waals surface area contributed by atoms with E-state index in [1.807, 2.05) is 0 Å². The second-order valence-electron chi connectivity index (χ2n) is 10.6. The minimum absolute atomic E-state index is 0.0295. The van der Waals surface area contributed by atoms with Gasteiger partial charge in [-0.1, -0.05) is 69.5 Å². The summed E-state index contributed by atoms with van der Waals surface area (Å²) in [5.41, 5.74) is 8.08. The summed E-state index contributed by atoms with van der Waals surface area (Å²) >= 11 is 0. The lowest BCUT2D eigenvalue weighted by molar-refractivity contribution is -0.129. The molecule has 0 aromatic heterocycles. The molecule has 0 saturated heterocycles. The fourth-order valence-electron chi connectivity index (χ4n) is 6.21. The Morgan fingerprint density at radius 1 is 1.03 bits per heavy atom. The maximum Gasteiger partial charge on any atom is 0.163 e. The molecule has 0 bridgehead atoms. The van der Waals surface area contributed by atoms with Gasteiger partial charge < -0.3 is 0 Å². The molecular weight excluding hydrogens is 432 g/mol. The quantitative estimate of drug-likeness (QED) is 0.314. The van der Waals surface area contributed by atoms with Gasteiger partial charge in [0, 0.05) is 17.9 Å².